The van der Waals surface area contributed by atoms with E-state index in [1.165, 1.54) is 36.8 Å². The molecule has 2 heterocycles. The number of carbonyl (C=O) groups excluding carboxylic acids is 1. The lowest BCUT2D eigenvalue weighted by atomic mass is 9.91. The Morgan fingerprint density at radius 2 is 2.16 bits per heavy atom. The number of aromatic nitrogens is 2. The van der Waals surface area contributed by atoms with Gasteiger partial charge < -0.3 is 5.32 Å². The summed E-state index contributed by atoms with van der Waals surface area (Å²) in [6.45, 7) is 4.79. The van der Waals surface area contributed by atoms with Gasteiger partial charge in [-0.25, -0.2) is 0 Å². The van der Waals surface area contributed by atoms with Crippen LogP contribution in [0, 0.1) is 0 Å². The highest BCUT2D eigenvalue weighted by Gasteiger charge is 2.27. The zero-order valence-electron chi connectivity index (χ0n) is 15.7. The summed E-state index contributed by atoms with van der Waals surface area (Å²) in [5, 5.41) is 7.42. The molecule has 1 N–H and O–H groups in total. The number of aryl methyl sites for hydroxylation is 1. The Hall–Kier alpha value is -1.62. The van der Waals surface area contributed by atoms with Gasteiger partial charge in [0.2, 0.25) is 5.91 Å². The Morgan fingerprint density at radius 1 is 1.36 bits per heavy atom. The second-order valence-electron chi connectivity index (χ2n) is 7.58. The molecule has 2 aliphatic rings. The van der Waals surface area contributed by atoms with Gasteiger partial charge in [-0.2, -0.15) is 5.10 Å². The number of amides is 1. The van der Waals surface area contributed by atoms with Crippen LogP contribution in [0.2, 0.25) is 0 Å². The highest BCUT2D eigenvalue weighted by atomic mass is 16.2. The van der Waals surface area contributed by atoms with Crippen molar-refractivity contribution in [3.05, 3.63) is 29.6 Å². The predicted octanol–water partition coefficient (Wildman–Crippen LogP) is 2.99. The molecule has 1 aliphatic heterocycles. The molecule has 0 unspecified atom stereocenters. The lowest BCUT2D eigenvalue weighted by Crippen LogP contribution is -2.48. The Bertz CT molecular complexity index is 599. The first-order valence-electron chi connectivity index (χ1n) is 9.81. The maximum atomic E-state index is 12.5. The van der Waals surface area contributed by atoms with Crippen LogP contribution in [0.25, 0.3) is 0 Å². The summed E-state index contributed by atoms with van der Waals surface area (Å²) >= 11 is 0. The lowest BCUT2D eigenvalue weighted by Gasteiger charge is -2.35. The van der Waals surface area contributed by atoms with E-state index in [-0.39, 0.29) is 11.9 Å². The molecule has 1 saturated heterocycles. The molecule has 5 heteroatoms. The third-order valence-electron chi connectivity index (χ3n) is 5.78. The molecule has 1 fully saturated rings. The van der Waals surface area contributed by atoms with Crippen LogP contribution < -0.4 is 5.32 Å². The van der Waals surface area contributed by atoms with E-state index in [2.05, 4.69) is 27.6 Å². The first kappa shape index (κ1) is 18.2. The molecule has 1 aromatic rings. The summed E-state index contributed by atoms with van der Waals surface area (Å²) in [6.07, 6.45) is 14.8. The van der Waals surface area contributed by atoms with Crippen LogP contribution in [0.15, 0.2) is 24.0 Å². The van der Waals surface area contributed by atoms with Gasteiger partial charge in [-0.1, -0.05) is 11.6 Å². The molecule has 3 rings (SSSR count). The molecule has 1 amide bonds. The molecule has 0 bridgehead atoms. The number of nitrogens with one attached hydrogen (secondary N) is 1. The first-order valence-corrected chi connectivity index (χ1v) is 9.81. The second-order valence-corrected chi connectivity index (χ2v) is 7.58. The summed E-state index contributed by atoms with van der Waals surface area (Å²) in [5.74, 6) is 0.759. The number of allylic oxidation sites excluding steroid dienone is 1. The largest absolute Gasteiger partial charge is 0.354 e. The number of carbonyl (C=O) groups is 1. The molecule has 0 spiro atoms. The van der Waals surface area contributed by atoms with E-state index in [1.807, 2.05) is 24.9 Å². The average molecular weight is 345 g/mol. The van der Waals surface area contributed by atoms with Crippen molar-refractivity contribution in [1.29, 1.82) is 0 Å². The van der Waals surface area contributed by atoms with Gasteiger partial charge in [0.05, 0.1) is 12.2 Å². The van der Waals surface area contributed by atoms with Crippen molar-refractivity contribution < 1.29 is 4.79 Å². The van der Waals surface area contributed by atoms with Crippen molar-refractivity contribution in [3.8, 4) is 0 Å². The number of hydrogen-bond donors (Lipinski definition) is 1. The van der Waals surface area contributed by atoms with Crippen molar-refractivity contribution in [2.75, 3.05) is 19.6 Å². The van der Waals surface area contributed by atoms with E-state index in [0.29, 0.717) is 5.92 Å². The number of piperidine rings is 1. The van der Waals surface area contributed by atoms with Crippen molar-refractivity contribution in [1.82, 2.24) is 20.0 Å². The van der Waals surface area contributed by atoms with Crippen molar-refractivity contribution in [2.45, 2.75) is 63.8 Å². The molecule has 0 radical (unpaired) electrons. The zero-order valence-corrected chi connectivity index (χ0v) is 15.7. The fourth-order valence-electron chi connectivity index (χ4n) is 4.06. The Morgan fingerprint density at radius 3 is 2.80 bits per heavy atom. The van der Waals surface area contributed by atoms with E-state index in [0.717, 1.165) is 38.9 Å². The molecular weight excluding hydrogens is 312 g/mol. The van der Waals surface area contributed by atoms with Gasteiger partial charge in [0.1, 0.15) is 0 Å². The van der Waals surface area contributed by atoms with Crippen molar-refractivity contribution >= 4 is 5.91 Å². The van der Waals surface area contributed by atoms with Gasteiger partial charge in [-0.3, -0.25) is 14.4 Å². The van der Waals surface area contributed by atoms with Crippen molar-refractivity contribution in [2.24, 2.45) is 7.05 Å². The zero-order chi connectivity index (χ0) is 17.6. The third-order valence-corrected chi connectivity index (χ3v) is 5.78. The first-order chi connectivity index (χ1) is 12.1. The predicted molar refractivity (Wildman–Crippen MR) is 100 cm³/mol. The molecule has 5 nitrogen and oxygen atoms in total. The van der Waals surface area contributed by atoms with Gasteiger partial charge in [0.15, 0.2) is 0 Å². The van der Waals surface area contributed by atoms with E-state index in [1.54, 1.807) is 0 Å². The highest BCUT2D eigenvalue weighted by molar-refractivity contribution is 5.81. The monoisotopic (exact) mass is 344 g/mol. The van der Waals surface area contributed by atoms with Crippen LogP contribution in [-0.4, -0.2) is 46.3 Å². The lowest BCUT2D eigenvalue weighted by molar-refractivity contribution is -0.126. The molecular formula is C20H32N4O. The van der Waals surface area contributed by atoms with Gasteiger partial charge in [0.25, 0.3) is 0 Å². The number of hydrogen-bond acceptors (Lipinski definition) is 3. The molecule has 138 valence electrons. The summed E-state index contributed by atoms with van der Waals surface area (Å²) in [7, 11) is 1.97. The maximum absolute atomic E-state index is 12.5. The van der Waals surface area contributed by atoms with E-state index in [4.69, 9.17) is 0 Å². The average Bonchev–Trinajstić information content (AvgIpc) is 3.08. The SMILES string of the molecule is C[C@@H](C(=O)NCCC1=CCCCC1)N1CCC(c2cnn(C)c2)CC1. The maximum Gasteiger partial charge on any atom is 0.237 e. The van der Waals surface area contributed by atoms with Gasteiger partial charge in [0, 0.05) is 19.8 Å². The van der Waals surface area contributed by atoms with Crippen LogP contribution in [0.1, 0.15) is 63.4 Å². The van der Waals surface area contributed by atoms with Crippen LogP contribution in [0.3, 0.4) is 0 Å². The molecule has 1 aromatic heterocycles. The molecule has 1 aliphatic carbocycles. The van der Waals surface area contributed by atoms with E-state index < -0.39 is 0 Å². The highest BCUT2D eigenvalue weighted by Crippen LogP contribution is 2.28. The fourth-order valence-corrected chi connectivity index (χ4v) is 4.06. The normalized spacial score (nSPS) is 21.0. The van der Waals surface area contributed by atoms with Crippen LogP contribution in [0.4, 0.5) is 0 Å². The number of nitrogens with zero attached hydrogens (tertiary/aromatic N) is 3. The minimum absolute atomic E-state index is 0.0322. The topological polar surface area (TPSA) is 50.2 Å². The summed E-state index contributed by atoms with van der Waals surface area (Å²) < 4.78 is 1.87. The van der Waals surface area contributed by atoms with E-state index in [9.17, 15) is 4.79 Å². The molecule has 0 saturated carbocycles. The minimum Gasteiger partial charge on any atom is -0.354 e. The number of rotatable bonds is 6. The van der Waals surface area contributed by atoms with Gasteiger partial charge in [-0.15, -0.1) is 0 Å². The smallest absolute Gasteiger partial charge is 0.237 e. The summed E-state index contributed by atoms with van der Waals surface area (Å²) in [4.78, 5) is 14.8. The van der Waals surface area contributed by atoms with Gasteiger partial charge in [-0.05, 0) is 76.4 Å². The van der Waals surface area contributed by atoms with E-state index >= 15 is 0 Å². The number of likely N-dealkylation sites (tertiary alicyclic amines) is 1. The van der Waals surface area contributed by atoms with Crippen LogP contribution in [-0.2, 0) is 11.8 Å². The quantitative estimate of drug-likeness (QED) is 0.807. The van der Waals surface area contributed by atoms with Crippen LogP contribution in [0.5, 0.6) is 0 Å². The third kappa shape index (κ3) is 4.94. The Labute approximate surface area is 151 Å². The summed E-state index contributed by atoms with van der Waals surface area (Å²) in [6, 6.07) is -0.0322. The van der Waals surface area contributed by atoms with Crippen molar-refractivity contribution in [3.63, 3.8) is 0 Å². The Balaban J connectivity index is 1.40. The molecule has 1 atom stereocenters. The van der Waals surface area contributed by atoms with Crippen LogP contribution >= 0.6 is 0 Å². The Kier molecular flexibility index (Phi) is 6.29. The fraction of sp³-hybridized carbons (Fsp3) is 0.700. The standard InChI is InChI=1S/C20H32N4O/c1-16(20(25)21-11-8-17-6-4-3-5-7-17)24-12-9-18(10-13-24)19-14-22-23(2)15-19/h6,14-16,18H,3-5,7-13H2,1-2H3,(H,21,25)/t16-/m0/s1. The second kappa shape index (κ2) is 8.65. The van der Waals surface area contributed by atoms with Gasteiger partial charge >= 0.3 is 0 Å². The molecule has 0 aromatic carbocycles. The summed E-state index contributed by atoms with van der Waals surface area (Å²) in [5.41, 5.74) is 2.86. The minimum atomic E-state index is -0.0322. The molecule has 25 heavy (non-hydrogen) atoms.